The quantitative estimate of drug-likeness (QED) is 0.320. The van der Waals surface area contributed by atoms with E-state index in [4.69, 9.17) is 23.7 Å². The van der Waals surface area contributed by atoms with Gasteiger partial charge in [0.25, 0.3) is 11.7 Å². The van der Waals surface area contributed by atoms with Gasteiger partial charge in [-0.05, 0) is 42.8 Å². The number of amides is 1. The van der Waals surface area contributed by atoms with E-state index >= 15 is 0 Å². The molecule has 1 N–H and O–H groups in total. The molecule has 2 aromatic rings. The Kier molecular flexibility index (Phi) is 8.01. The molecule has 9 nitrogen and oxygen atoms in total. The molecule has 9 heteroatoms. The van der Waals surface area contributed by atoms with E-state index in [-0.39, 0.29) is 24.5 Å². The Labute approximate surface area is 198 Å². The van der Waals surface area contributed by atoms with Gasteiger partial charge in [-0.2, -0.15) is 0 Å². The predicted octanol–water partition coefficient (Wildman–Crippen LogP) is 3.18. The number of ether oxygens (including phenoxy) is 5. The molecular weight excluding hydrogens is 442 g/mol. The molecule has 0 spiro atoms. The lowest BCUT2D eigenvalue weighted by atomic mass is 9.95. The van der Waals surface area contributed by atoms with Gasteiger partial charge in [-0.3, -0.25) is 9.59 Å². The third kappa shape index (κ3) is 4.65. The first-order valence-corrected chi connectivity index (χ1v) is 10.7. The van der Waals surface area contributed by atoms with Gasteiger partial charge in [0.15, 0.2) is 23.0 Å². The highest BCUT2D eigenvalue weighted by molar-refractivity contribution is 6.46. The lowest BCUT2D eigenvalue weighted by molar-refractivity contribution is -0.140. The molecule has 0 aromatic heterocycles. The standard InChI is InChI=1S/C25H29NO8/c1-6-34-20-13-15(7-9-18(20)32-4)22-21(24(28)25(29)26(22)11-12-30-2)23(27)16-8-10-17(31-3)19(14-16)33-5/h7-10,13-14,22,27H,6,11-12H2,1-5H3/b23-21-. The molecule has 1 saturated heterocycles. The van der Waals surface area contributed by atoms with Crippen LogP contribution in [0.5, 0.6) is 23.0 Å². The summed E-state index contributed by atoms with van der Waals surface area (Å²) in [4.78, 5) is 27.5. The number of hydrogen-bond acceptors (Lipinski definition) is 8. The monoisotopic (exact) mass is 471 g/mol. The SMILES string of the molecule is CCOc1cc(C2/C(=C(/O)c3ccc(OC)c(OC)c3)C(=O)C(=O)N2CCOC)ccc1OC. The summed E-state index contributed by atoms with van der Waals surface area (Å²) in [6.45, 7) is 2.61. The molecule has 1 atom stereocenters. The number of methoxy groups -OCH3 is 4. The number of carbonyl (C=O) groups is 2. The van der Waals surface area contributed by atoms with E-state index in [9.17, 15) is 14.7 Å². The Hall–Kier alpha value is -3.72. The van der Waals surface area contributed by atoms with Crippen molar-refractivity contribution in [1.29, 1.82) is 0 Å². The number of nitrogens with zero attached hydrogens (tertiary/aromatic N) is 1. The molecule has 1 heterocycles. The third-order valence-electron chi connectivity index (χ3n) is 5.54. The fourth-order valence-electron chi connectivity index (χ4n) is 3.92. The molecule has 0 radical (unpaired) electrons. The maximum absolute atomic E-state index is 13.1. The Balaban J connectivity index is 2.20. The van der Waals surface area contributed by atoms with E-state index in [1.807, 2.05) is 6.92 Å². The van der Waals surface area contributed by atoms with Crippen molar-refractivity contribution in [1.82, 2.24) is 4.90 Å². The minimum Gasteiger partial charge on any atom is -0.507 e. The Morgan fingerprint density at radius 1 is 0.912 bits per heavy atom. The first kappa shape index (κ1) is 24.9. The van der Waals surface area contributed by atoms with Gasteiger partial charge in [0.2, 0.25) is 0 Å². The number of hydrogen-bond donors (Lipinski definition) is 1. The van der Waals surface area contributed by atoms with E-state index in [2.05, 4.69) is 0 Å². The van der Waals surface area contributed by atoms with E-state index < -0.39 is 17.7 Å². The van der Waals surface area contributed by atoms with Crippen molar-refractivity contribution < 1.29 is 38.4 Å². The van der Waals surface area contributed by atoms with E-state index in [0.29, 0.717) is 40.7 Å². The van der Waals surface area contributed by atoms with Gasteiger partial charge in [0.05, 0.1) is 46.2 Å². The zero-order valence-corrected chi connectivity index (χ0v) is 19.9. The van der Waals surface area contributed by atoms with Crippen LogP contribution in [0.25, 0.3) is 5.76 Å². The molecule has 0 aliphatic carbocycles. The van der Waals surface area contributed by atoms with Crippen molar-refractivity contribution in [3.05, 3.63) is 53.1 Å². The number of ketones is 1. The molecular formula is C25H29NO8. The van der Waals surface area contributed by atoms with Crippen molar-refractivity contribution in [2.45, 2.75) is 13.0 Å². The van der Waals surface area contributed by atoms with Gasteiger partial charge in [-0.15, -0.1) is 0 Å². The van der Waals surface area contributed by atoms with Crippen molar-refractivity contribution in [3.63, 3.8) is 0 Å². The average Bonchev–Trinajstić information content (AvgIpc) is 3.11. The maximum Gasteiger partial charge on any atom is 0.295 e. The molecule has 1 fully saturated rings. The molecule has 1 aliphatic heterocycles. The molecule has 0 saturated carbocycles. The number of carbonyl (C=O) groups excluding carboxylic acids is 2. The number of likely N-dealkylation sites (tertiary alicyclic amines) is 1. The molecule has 182 valence electrons. The minimum atomic E-state index is -0.853. The molecule has 34 heavy (non-hydrogen) atoms. The molecule has 2 aromatic carbocycles. The number of benzene rings is 2. The van der Waals surface area contributed by atoms with Crippen LogP contribution in [0.4, 0.5) is 0 Å². The molecule has 3 rings (SSSR count). The summed E-state index contributed by atoms with van der Waals surface area (Å²) in [7, 11) is 6.01. The Morgan fingerprint density at radius 2 is 1.56 bits per heavy atom. The lowest BCUT2D eigenvalue weighted by Crippen LogP contribution is -2.32. The van der Waals surface area contributed by atoms with Crippen LogP contribution in [0.3, 0.4) is 0 Å². The highest BCUT2D eigenvalue weighted by Crippen LogP contribution is 2.42. The van der Waals surface area contributed by atoms with Gasteiger partial charge in [0, 0.05) is 19.2 Å². The number of aliphatic hydroxyl groups is 1. The zero-order chi connectivity index (χ0) is 24.8. The summed E-state index contributed by atoms with van der Waals surface area (Å²) in [6.07, 6.45) is 0. The number of aliphatic hydroxyl groups excluding tert-OH is 1. The Bertz CT molecular complexity index is 1090. The van der Waals surface area contributed by atoms with Crippen LogP contribution < -0.4 is 18.9 Å². The van der Waals surface area contributed by atoms with Crippen molar-refractivity contribution in [2.75, 3.05) is 48.2 Å². The van der Waals surface area contributed by atoms with Crippen LogP contribution in [0.1, 0.15) is 24.1 Å². The predicted molar refractivity (Wildman–Crippen MR) is 125 cm³/mol. The summed E-state index contributed by atoms with van der Waals surface area (Å²) in [6, 6.07) is 9.05. The zero-order valence-electron chi connectivity index (χ0n) is 19.9. The highest BCUT2D eigenvalue weighted by atomic mass is 16.5. The number of rotatable bonds is 10. The van der Waals surface area contributed by atoms with Crippen molar-refractivity contribution in [3.8, 4) is 23.0 Å². The summed E-state index contributed by atoms with van der Waals surface area (Å²) >= 11 is 0. The average molecular weight is 472 g/mol. The first-order chi connectivity index (χ1) is 16.4. The molecule has 1 unspecified atom stereocenters. The summed E-state index contributed by atoms with van der Waals surface area (Å²) in [5.41, 5.74) is 0.855. The number of Topliss-reactive ketones (excluding diaryl/α,β-unsaturated/α-hetero) is 1. The smallest absolute Gasteiger partial charge is 0.295 e. The topological polar surface area (TPSA) is 104 Å². The van der Waals surface area contributed by atoms with Crippen LogP contribution >= 0.6 is 0 Å². The van der Waals surface area contributed by atoms with Crippen LogP contribution in [0, 0.1) is 0 Å². The van der Waals surface area contributed by atoms with Gasteiger partial charge in [-0.25, -0.2) is 0 Å². The molecule has 1 aliphatic rings. The minimum absolute atomic E-state index is 0.0408. The van der Waals surface area contributed by atoms with Gasteiger partial charge in [-0.1, -0.05) is 6.07 Å². The van der Waals surface area contributed by atoms with Crippen LogP contribution in [-0.4, -0.2) is 69.9 Å². The van der Waals surface area contributed by atoms with Crippen molar-refractivity contribution >= 4 is 17.4 Å². The summed E-state index contributed by atoms with van der Waals surface area (Å²) in [5, 5.41) is 11.2. The second-order valence-electron chi connectivity index (χ2n) is 7.40. The fraction of sp³-hybridized carbons (Fsp3) is 0.360. The second-order valence-corrected chi connectivity index (χ2v) is 7.40. The van der Waals surface area contributed by atoms with Crippen LogP contribution in [0.15, 0.2) is 42.0 Å². The van der Waals surface area contributed by atoms with Gasteiger partial charge in [0.1, 0.15) is 5.76 Å². The maximum atomic E-state index is 13.1. The summed E-state index contributed by atoms with van der Waals surface area (Å²) < 4.78 is 26.8. The molecule has 0 bridgehead atoms. The molecule has 1 amide bonds. The fourth-order valence-corrected chi connectivity index (χ4v) is 3.92. The van der Waals surface area contributed by atoms with Crippen LogP contribution in [-0.2, 0) is 14.3 Å². The summed E-state index contributed by atoms with van der Waals surface area (Å²) in [5.74, 6) is -0.0178. The highest BCUT2D eigenvalue weighted by Gasteiger charge is 2.46. The Morgan fingerprint density at radius 3 is 2.18 bits per heavy atom. The second kappa shape index (κ2) is 10.9. The first-order valence-electron chi connectivity index (χ1n) is 10.7. The van der Waals surface area contributed by atoms with E-state index in [0.717, 1.165) is 0 Å². The van der Waals surface area contributed by atoms with E-state index in [1.54, 1.807) is 36.4 Å². The third-order valence-corrected chi connectivity index (χ3v) is 5.54. The van der Waals surface area contributed by atoms with Crippen LogP contribution in [0.2, 0.25) is 0 Å². The normalized spacial score (nSPS) is 17.1. The van der Waals surface area contributed by atoms with E-state index in [1.165, 1.54) is 33.3 Å². The largest absolute Gasteiger partial charge is 0.507 e. The van der Waals surface area contributed by atoms with Crippen molar-refractivity contribution in [2.24, 2.45) is 0 Å². The lowest BCUT2D eigenvalue weighted by Gasteiger charge is -2.25. The van der Waals surface area contributed by atoms with Gasteiger partial charge < -0.3 is 33.7 Å². The van der Waals surface area contributed by atoms with Gasteiger partial charge >= 0.3 is 0 Å².